The summed E-state index contributed by atoms with van der Waals surface area (Å²) in [4.78, 5) is 4.21. The third kappa shape index (κ3) is 4.00. The van der Waals surface area contributed by atoms with Gasteiger partial charge in [0.1, 0.15) is 0 Å². The van der Waals surface area contributed by atoms with Crippen molar-refractivity contribution in [1.82, 2.24) is 10.3 Å². The first-order valence-corrected chi connectivity index (χ1v) is 6.54. The van der Waals surface area contributed by atoms with E-state index in [0.29, 0.717) is 11.9 Å². The summed E-state index contributed by atoms with van der Waals surface area (Å²) in [7, 11) is 1.64. The van der Waals surface area contributed by atoms with Gasteiger partial charge in [0, 0.05) is 24.8 Å². The van der Waals surface area contributed by atoms with Crippen molar-refractivity contribution in [3.05, 3.63) is 23.9 Å². The zero-order chi connectivity index (χ0) is 12.1. The van der Waals surface area contributed by atoms with Crippen LogP contribution in [0.15, 0.2) is 18.3 Å². The smallest absolute Gasteiger partial charge is 0.212 e. The lowest BCUT2D eigenvalue weighted by Crippen LogP contribution is -2.28. The van der Waals surface area contributed by atoms with E-state index in [1.165, 1.54) is 31.2 Å². The fourth-order valence-electron chi connectivity index (χ4n) is 2.05. The van der Waals surface area contributed by atoms with Crippen LogP contribution in [-0.2, 0) is 6.54 Å². The Labute approximate surface area is 104 Å². The second kappa shape index (κ2) is 6.01. The van der Waals surface area contributed by atoms with Crippen LogP contribution in [0.3, 0.4) is 0 Å². The first kappa shape index (κ1) is 12.4. The number of methoxy groups -OCH3 is 1. The minimum Gasteiger partial charge on any atom is -0.481 e. The van der Waals surface area contributed by atoms with E-state index in [-0.39, 0.29) is 0 Å². The summed E-state index contributed by atoms with van der Waals surface area (Å²) in [5, 5.41) is 3.61. The molecule has 0 radical (unpaired) electrons. The highest BCUT2D eigenvalue weighted by atomic mass is 16.5. The van der Waals surface area contributed by atoms with Crippen molar-refractivity contribution in [2.45, 2.75) is 45.2 Å². The number of nitrogens with zero attached hydrogens (tertiary/aromatic N) is 1. The lowest BCUT2D eigenvalue weighted by molar-refractivity contribution is 0.397. The Hall–Kier alpha value is -1.09. The highest BCUT2D eigenvalue weighted by Gasteiger charge is 2.24. The molecule has 3 nitrogen and oxygen atoms in total. The molecule has 1 aliphatic carbocycles. The van der Waals surface area contributed by atoms with Gasteiger partial charge in [-0.1, -0.05) is 25.8 Å². The predicted molar refractivity (Wildman–Crippen MR) is 69.0 cm³/mol. The maximum Gasteiger partial charge on any atom is 0.212 e. The fraction of sp³-hybridized carbons (Fsp3) is 0.643. The van der Waals surface area contributed by atoms with Crippen LogP contribution in [-0.4, -0.2) is 18.1 Å². The van der Waals surface area contributed by atoms with Gasteiger partial charge in [0.25, 0.3) is 0 Å². The van der Waals surface area contributed by atoms with E-state index in [4.69, 9.17) is 4.74 Å². The molecule has 0 aliphatic heterocycles. The topological polar surface area (TPSA) is 34.1 Å². The average molecular weight is 234 g/mol. The standard InChI is InChI=1S/C14H22N2O/c1-3-13(8-11-4-5-11)15-9-12-6-7-14(17-2)16-10-12/h6-7,10-11,13,15H,3-5,8-9H2,1-2H3. The summed E-state index contributed by atoms with van der Waals surface area (Å²) in [5.41, 5.74) is 1.22. The van der Waals surface area contributed by atoms with E-state index in [1.54, 1.807) is 7.11 Å². The molecule has 0 amide bonds. The molecule has 1 unspecified atom stereocenters. The van der Waals surface area contributed by atoms with Crippen molar-refractivity contribution in [3.63, 3.8) is 0 Å². The van der Waals surface area contributed by atoms with E-state index in [2.05, 4.69) is 23.3 Å². The molecule has 3 heteroatoms. The molecule has 1 aliphatic rings. The summed E-state index contributed by atoms with van der Waals surface area (Å²) in [6.07, 6.45) is 7.29. The first-order valence-electron chi connectivity index (χ1n) is 6.54. The summed E-state index contributed by atoms with van der Waals surface area (Å²) in [6, 6.07) is 4.64. The van der Waals surface area contributed by atoms with Crippen LogP contribution in [0.1, 0.15) is 38.2 Å². The van der Waals surface area contributed by atoms with Gasteiger partial charge in [0.2, 0.25) is 5.88 Å². The number of ether oxygens (including phenoxy) is 1. The van der Waals surface area contributed by atoms with Crippen LogP contribution >= 0.6 is 0 Å². The molecule has 0 bridgehead atoms. The van der Waals surface area contributed by atoms with E-state index < -0.39 is 0 Å². The van der Waals surface area contributed by atoms with Gasteiger partial charge in [-0.05, 0) is 24.3 Å². The Balaban J connectivity index is 1.78. The Morgan fingerprint density at radius 2 is 2.29 bits per heavy atom. The molecule has 1 atom stereocenters. The molecule has 1 aromatic rings. The molecule has 0 saturated heterocycles. The first-order chi connectivity index (χ1) is 8.31. The molecule has 1 N–H and O–H groups in total. The van der Waals surface area contributed by atoms with Gasteiger partial charge in [0.15, 0.2) is 0 Å². The second-order valence-corrected chi connectivity index (χ2v) is 4.87. The molecule has 1 aromatic heterocycles. The van der Waals surface area contributed by atoms with E-state index in [0.717, 1.165) is 12.5 Å². The molecule has 1 saturated carbocycles. The molecule has 1 heterocycles. The van der Waals surface area contributed by atoms with E-state index in [1.807, 2.05) is 12.3 Å². The van der Waals surface area contributed by atoms with Crippen LogP contribution in [0.5, 0.6) is 5.88 Å². The Kier molecular flexibility index (Phi) is 4.37. The van der Waals surface area contributed by atoms with Gasteiger partial charge in [0.05, 0.1) is 7.11 Å². The molecular formula is C14H22N2O. The predicted octanol–water partition coefficient (Wildman–Crippen LogP) is 2.76. The number of hydrogen-bond donors (Lipinski definition) is 1. The van der Waals surface area contributed by atoms with Crippen molar-refractivity contribution >= 4 is 0 Å². The minimum absolute atomic E-state index is 0.657. The normalized spacial score (nSPS) is 16.8. The van der Waals surface area contributed by atoms with Gasteiger partial charge in [-0.3, -0.25) is 0 Å². The van der Waals surface area contributed by atoms with Crippen molar-refractivity contribution in [1.29, 1.82) is 0 Å². The molecular weight excluding hydrogens is 212 g/mol. The molecule has 2 rings (SSSR count). The Bertz CT molecular complexity index is 333. The fourth-order valence-corrected chi connectivity index (χ4v) is 2.05. The van der Waals surface area contributed by atoms with Crippen LogP contribution in [0.25, 0.3) is 0 Å². The lowest BCUT2D eigenvalue weighted by atomic mass is 10.1. The highest BCUT2D eigenvalue weighted by molar-refractivity contribution is 5.17. The zero-order valence-electron chi connectivity index (χ0n) is 10.8. The van der Waals surface area contributed by atoms with Crippen LogP contribution < -0.4 is 10.1 Å². The summed E-state index contributed by atoms with van der Waals surface area (Å²) < 4.78 is 5.05. The van der Waals surface area contributed by atoms with Gasteiger partial charge in [-0.25, -0.2) is 4.98 Å². The van der Waals surface area contributed by atoms with Crippen molar-refractivity contribution in [2.75, 3.05) is 7.11 Å². The molecule has 94 valence electrons. The summed E-state index contributed by atoms with van der Waals surface area (Å²) >= 11 is 0. The van der Waals surface area contributed by atoms with Gasteiger partial charge in [-0.15, -0.1) is 0 Å². The van der Waals surface area contributed by atoms with Crippen LogP contribution in [0.4, 0.5) is 0 Å². The van der Waals surface area contributed by atoms with Crippen molar-refractivity contribution in [3.8, 4) is 5.88 Å². The van der Waals surface area contributed by atoms with Gasteiger partial charge >= 0.3 is 0 Å². The highest BCUT2D eigenvalue weighted by Crippen LogP contribution is 2.34. The number of rotatable bonds is 7. The van der Waals surface area contributed by atoms with Crippen molar-refractivity contribution in [2.24, 2.45) is 5.92 Å². The maximum absolute atomic E-state index is 5.05. The third-order valence-electron chi connectivity index (χ3n) is 3.41. The van der Waals surface area contributed by atoms with Gasteiger partial charge < -0.3 is 10.1 Å². The SMILES string of the molecule is CCC(CC1CC1)NCc1ccc(OC)nc1. The molecule has 0 spiro atoms. The monoisotopic (exact) mass is 234 g/mol. The lowest BCUT2D eigenvalue weighted by Gasteiger charge is -2.16. The summed E-state index contributed by atoms with van der Waals surface area (Å²) in [6.45, 7) is 3.16. The van der Waals surface area contributed by atoms with Crippen LogP contribution in [0, 0.1) is 5.92 Å². The Morgan fingerprint density at radius 3 is 2.82 bits per heavy atom. The Morgan fingerprint density at radius 1 is 1.47 bits per heavy atom. The number of pyridine rings is 1. The largest absolute Gasteiger partial charge is 0.481 e. The minimum atomic E-state index is 0.657. The number of nitrogens with one attached hydrogen (secondary N) is 1. The molecule has 0 aromatic carbocycles. The zero-order valence-corrected chi connectivity index (χ0v) is 10.8. The molecule has 1 fully saturated rings. The number of hydrogen-bond acceptors (Lipinski definition) is 3. The summed E-state index contributed by atoms with van der Waals surface area (Å²) in [5.74, 6) is 1.67. The van der Waals surface area contributed by atoms with E-state index in [9.17, 15) is 0 Å². The number of aromatic nitrogens is 1. The average Bonchev–Trinajstić information content (AvgIpc) is 3.19. The van der Waals surface area contributed by atoms with Gasteiger partial charge in [-0.2, -0.15) is 0 Å². The maximum atomic E-state index is 5.05. The van der Waals surface area contributed by atoms with Crippen molar-refractivity contribution < 1.29 is 4.74 Å². The third-order valence-corrected chi connectivity index (χ3v) is 3.41. The van der Waals surface area contributed by atoms with Crippen LogP contribution in [0.2, 0.25) is 0 Å². The van der Waals surface area contributed by atoms with E-state index >= 15 is 0 Å². The molecule has 17 heavy (non-hydrogen) atoms. The quantitative estimate of drug-likeness (QED) is 0.787. The second-order valence-electron chi connectivity index (χ2n) is 4.87.